The van der Waals surface area contributed by atoms with Crippen LogP contribution in [0.2, 0.25) is 0 Å². The second-order valence-electron chi connectivity index (χ2n) is 1.56. The van der Waals surface area contributed by atoms with Crippen LogP contribution in [0.25, 0.3) is 0 Å². The Morgan fingerprint density at radius 2 is 1.67 bits per heavy atom. The Balaban J connectivity index is 0. The summed E-state index contributed by atoms with van der Waals surface area (Å²) in [5, 5.41) is 9.63. The van der Waals surface area contributed by atoms with E-state index in [-0.39, 0.29) is 14.0 Å². The minimum atomic E-state index is 0. The van der Waals surface area contributed by atoms with Gasteiger partial charge in [-0.15, -0.1) is 0 Å². The molecular weight excluding hydrogens is 76.1 g/mol. The number of rotatable bonds is 1. The first-order valence-corrected chi connectivity index (χ1v) is 1.85. The molecule has 1 radical (unpaired) electrons. The highest BCUT2D eigenvalue weighted by molar-refractivity contribution is 4.32. The summed E-state index contributed by atoms with van der Waals surface area (Å²) in [6, 6.07) is 0. The van der Waals surface area contributed by atoms with Gasteiger partial charge in [0.25, 0.3) is 0 Å². The van der Waals surface area contributed by atoms with Gasteiger partial charge in [0, 0.05) is 0 Å². The number of hydrogen-bond acceptors (Lipinski definition) is 0. The van der Waals surface area contributed by atoms with Gasteiger partial charge in [-0.2, -0.15) is 0 Å². The first kappa shape index (κ1) is 9.35. The zero-order valence-electron chi connectivity index (χ0n) is 3.69. The molecule has 0 heterocycles. The van der Waals surface area contributed by atoms with Gasteiger partial charge in [-0.1, -0.05) is 21.3 Å². The fourth-order valence-corrected chi connectivity index (χ4v) is 0. The second-order valence-corrected chi connectivity index (χ2v) is 1.56. The van der Waals surface area contributed by atoms with Gasteiger partial charge in [0.2, 0.25) is 0 Å². The van der Waals surface area contributed by atoms with Crippen LogP contribution in [0.15, 0.2) is 0 Å². The fraction of sp³-hybridized carbons (Fsp3) is 1.00. The van der Waals surface area contributed by atoms with E-state index in [1.807, 2.05) is 13.8 Å². The van der Waals surface area contributed by atoms with Gasteiger partial charge < -0.3 is 0 Å². The zero-order chi connectivity index (χ0) is 4.28. The molecule has 0 aromatic heterocycles. The molecule has 0 aromatic rings. The van der Waals surface area contributed by atoms with Crippen LogP contribution in [0.5, 0.6) is 0 Å². The monoisotopic (exact) mass is 89.1 g/mol. The SMILES string of the molecule is C.CC(C)C[O]. The van der Waals surface area contributed by atoms with Crippen molar-refractivity contribution in [2.45, 2.75) is 21.3 Å². The molecule has 0 aliphatic rings. The predicted molar refractivity (Wildman–Crippen MR) is 27.1 cm³/mol. The molecular formula is C5H13O. The van der Waals surface area contributed by atoms with Crippen molar-refractivity contribution in [2.75, 3.05) is 6.61 Å². The van der Waals surface area contributed by atoms with E-state index in [2.05, 4.69) is 0 Å². The average Bonchev–Trinajstić information content (AvgIpc) is 1.38. The third-order valence-electron chi connectivity index (χ3n) is 0.333. The molecule has 0 aliphatic carbocycles. The Bertz CT molecular complexity index is 17.9. The van der Waals surface area contributed by atoms with Crippen LogP contribution in [0.4, 0.5) is 0 Å². The highest BCUT2D eigenvalue weighted by atomic mass is 16.3. The van der Waals surface area contributed by atoms with E-state index in [1.165, 1.54) is 0 Å². The molecule has 39 valence electrons. The largest absolute Gasteiger partial charge is 0.236 e. The molecule has 1 nitrogen and oxygen atoms in total. The standard InChI is InChI=1S/C4H9O.CH4/c1-4(2)3-5;/h4H,3H2,1-2H3;1H4. The Morgan fingerprint density at radius 1 is 1.50 bits per heavy atom. The summed E-state index contributed by atoms with van der Waals surface area (Å²) in [5.74, 6) is 0.329. The lowest BCUT2D eigenvalue weighted by Crippen LogP contribution is -1.88. The van der Waals surface area contributed by atoms with E-state index in [1.54, 1.807) is 0 Å². The predicted octanol–water partition coefficient (Wildman–Crippen LogP) is 1.71. The van der Waals surface area contributed by atoms with Gasteiger partial charge in [0.05, 0.1) is 6.61 Å². The topological polar surface area (TPSA) is 19.9 Å². The molecule has 0 amide bonds. The average molecular weight is 89.2 g/mol. The highest BCUT2D eigenvalue weighted by Gasteiger charge is 1.83. The minimum absolute atomic E-state index is 0. The van der Waals surface area contributed by atoms with Crippen LogP contribution in [-0.2, 0) is 5.11 Å². The van der Waals surface area contributed by atoms with Crippen molar-refractivity contribution in [3.63, 3.8) is 0 Å². The van der Waals surface area contributed by atoms with Crippen molar-refractivity contribution in [3.05, 3.63) is 0 Å². The molecule has 0 saturated carbocycles. The summed E-state index contributed by atoms with van der Waals surface area (Å²) >= 11 is 0. The van der Waals surface area contributed by atoms with E-state index in [9.17, 15) is 5.11 Å². The van der Waals surface area contributed by atoms with Crippen LogP contribution >= 0.6 is 0 Å². The molecule has 0 atom stereocenters. The molecule has 0 aliphatic heterocycles. The van der Waals surface area contributed by atoms with Crippen LogP contribution in [0, 0.1) is 5.92 Å². The molecule has 0 unspecified atom stereocenters. The maximum atomic E-state index is 9.63. The van der Waals surface area contributed by atoms with Gasteiger partial charge in [0.1, 0.15) is 0 Å². The van der Waals surface area contributed by atoms with Crippen molar-refractivity contribution in [1.82, 2.24) is 0 Å². The van der Waals surface area contributed by atoms with Crippen molar-refractivity contribution in [2.24, 2.45) is 5.92 Å². The van der Waals surface area contributed by atoms with Gasteiger partial charge in [-0.3, -0.25) is 0 Å². The lowest BCUT2D eigenvalue weighted by atomic mass is 10.2. The molecule has 0 aromatic carbocycles. The summed E-state index contributed by atoms with van der Waals surface area (Å²) in [6.07, 6.45) is 0. The van der Waals surface area contributed by atoms with Crippen LogP contribution in [-0.4, -0.2) is 6.61 Å². The van der Waals surface area contributed by atoms with Gasteiger partial charge in [-0.05, 0) is 5.92 Å². The third-order valence-corrected chi connectivity index (χ3v) is 0.333. The molecule has 6 heavy (non-hydrogen) atoms. The Hall–Kier alpha value is -0.0400. The van der Waals surface area contributed by atoms with Crippen molar-refractivity contribution in [1.29, 1.82) is 0 Å². The van der Waals surface area contributed by atoms with Crippen molar-refractivity contribution >= 4 is 0 Å². The maximum absolute atomic E-state index is 9.63. The molecule has 0 spiro atoms. The lowest BCUT2D eigenvalue weighted by molar-refractivity contribution is 0.158. The molecule has 1 heteroatoms. The van der Waals surface area contributed by atoms with Crippen LogP contribution in [0.3, 0.4) is 0 Å². The molecule has 0 saturated heterocycles. The highest BCUT2D eigenvalue weighted by Crippen LogP contribution is 1.84. The first-order valence-electron chi connectivity index (χ1n) is 1.85. The lowest BCUT2D eigenvalue weighted by Gasteiger charge is -1.87. The van der Waals surface area contributed by atoms with E-state index in [0.717, 1.165) is 0 Å². The summed E-state index contributed by atoms with van der Waals surface area (Å²) in [5.41, 5.74) is 0. The number of hydrogen-bond donors (Lipinski definition) is 0. The smallest absolute Gasteiger partial charge is 0.0845 e. The summed E-state index contributed by atoms with van der Waals surface area (Å²) in [4.78, 5) is 0. The Morgan fingerprint density at radius 3 is 1.67 bits per heavy atom. The summed E-state index contributed by atoms with van der Waals surface area (Å²) in [6.45, 7) is 3.88. The molecule has 0 fully saturated rings. The molecule has 0 bridgehead atoms. The Kier molecular flexibility index (Phi) is 7.73. The minimum Gasteiger partial charge on any atom is -0.236 e. The van der Waals surface area contributed by atoms with E-state index >= 15 is 0 Å². The quantitative estimate of drug-likeness (QED) is 0.466. The van der Waals surface area contributed by atoms with E-state index in [0.29, 0.717) is 5.92 Å². The maximum Gasteiger partial charge on any atom is 0.0845 e. The second kappa shape index (κ2) is 4.96. The van der Waals surface area contributed by atoms with Gasteiger partial charge >= 0.3 is 0 Å². The third kappa shape index (κ3) is 9.03. The summed E-state index contributed by atoms with van der Waals surface area (Å²) in [7, 11) is 0. The Labute approximate surface area is 40.0 Å². The zero-order valence-corrected chi connectivity index (χ0v) is 3.69. The van der Waals surface area contributed by atoms with E-state index < -0.39 is 0 Å². The van der Waals surface area contributed by atoms with Crippen LogP contribution in [0.1, 0.15) is 21.3 Å². The van der Waals surface area contributed by atoms with Crippen LogP contribution < -0.4 is 0 Å². The van der Waals surface area contributed by atoms with Crippen molar-refractivity contribution < 1.29 is 5.11 Å². The van der Waals surface area contributed by atoms with E-state index in [4.69, 9.17) is 0 Å². The summed E-state index contributed by atoms with van der Waals surface area (Å²) < 4.78 is 0. The molecule has 0 rings (SSSR count). The van der Waals surface area contributed by atoms with Gasteiger partial charge in [0.15, 0.2) is 0 Å². The molecule has 0 N–H and O–H groups in total. The fourth-order valence-electron chi connectivity index (χ4n) is 0. The van der Waals surface area contributed by atoms with Crippen molar-refractivity contribution in [3.8, 4) is 0 Å². The first-order chi connectivity index (χ1) is 2.27. The van der Waals surface area contributed by atoms with Gasteiger partial charge in [-0.25, -0.2) is 5.11 Å². The normalized spacial score (nSPS) is 8.00.